The number of nitrogens with one attached hydrogen (secondary N) is 2. The molecule has 1 fully saturated rings. The van der Waals surface area contributed by atoms with E-state index in [4.69, 9.17) is 4.74 Å². The van der Waals surface area contributed by atoms with Gasteiger partial charge in [-0.15, -0.1) is 0 Å². The van der Waals surface area contributed by atoms with E-state index in [0.717, 1.165) is 18.5 Å². The van der Waals surface area contributed by atoms with Crippen molar-refractivity contribution < 1.29 is 14.3 Å². The minimum absolute atomic E-state index is 0.0643. The standard InChI is InChI=1S/C22H22N4O3/c27-20(15-26-11-13-29-14-12-26)24-17-6-8-18(9-7-17)25-22(28)19-5-1-3-16-4-2-10-23-21(16)19/h1-10H,11-15H2,(H,24,27)(H,25,28). The molecule has 2 amide bonds. The van der Waals surface area contributed by atoms with Gasteiger partial charge < -0.3 is 15.4 Å². The molecule has 29 heavy (non-hydrogen) atoms. The van der Waals surface area contributed by atoms with E-state index < -0.39 is 0 Å². The summed E-state index contributed by atoms with van der Waals surface area (Å²) in [5.74, 6) is -0.288. The number of carbonyl (C=O) groups excluding carboxylic acids is 2. The number of rotatable bonds is 5. The van der Waals surface area contributed by atoms with Crippen LogP contribution in [-0.4, -0.2) is 54.5 Å². The van der Waals surface area contributed by atoms with Gasteiger partial charge in [-0.1, -0.05) is 18.2 Å². The number of nitrogens with zero attached hydrogens (tertiary/aromatic N) is 2. The zero-order valence-electron chi connectivity index (χ0n) is 15.9. The Bertz CT molecular complexity index is 1010. The first kappa shape index (κ1) is 19.0. The van der Waals surface area contributed by atoms with E-state index >= 15 is 0 Å². The van der Waals surface area contributed by atoms with Gasteiger partial charge in [0.05, 0.1) is 30.8 Å². The van der Waals surface area contributed by atoms with Crippen molar-refractivity contribution in [2.24, 2.45) is 0 Å². The molecule has 2 heterocycles. The largest absolute Gasteiger partial charge is 0.379 e. The average Bonchev–Trinajstić information content (AvgIpc) is 2.75. The van der Waals surface area contributed by atoms with Gasteiger partial charge in [-0.3, -0.25) is 19.5 Å². The summed E-state index contributed by atoms with van der Waals surface area (Å²) in [6.07, 6.45) is 1.67. The quantitative estimate of drug-likeness (QED) is 0.700. The number of benzene rings is 2. The second-order valence-electron chi connectivity index (χ2n) is 6.85. The summed E-state index contributed by atoms with van der Waals surface area (Å²) < 4.78 is 5.29. The van der Waals surface area contributed by atoms with Crippen molar-refractivity contribution in [3.63, 3.8) is 0 Å². The third kappa shape index (κ3) is 4.77. The fraction of sp³-hybridized carbons (Fsp3) is 0.227. The predicted octanol–water partition coefficient (Wildman–Crippen LogP) is 2.76. The third-order valence-corrected chi connectivity index (χ3v) is 4.77. The lowest BCUT2D eigenvalue weighted by molar-refractivity contribution is -0.118. The molecule has 1 aromatic heterocycles. The van der Waals surface area contributed by atoms with Crippen LogP contribution in [-0.2, 0) is 9.53 Å². The Labute approximate surface area is 168 Å². The molecule has 0 aliphatic carbocycles. The van der Waals surface area contributed by atoms with E-state index in [1.165, 1.54) is 0 Å². The molecule has 1 saturated heterocycles. The normalized spacial score (nSPS) is 14.5. The van der Waals surface area contributed by atoms with Crippen molar-refractivity contribution in [2.75, 3.05) is 43.5 Å². The molecule has 0 saturated carbocycles. The number of carbonyl (C=O) groups is 2. The van der Waals surface area contributed by atoms with Gasteiger partial charge in [-0.25, -0.2) is 0 Å². The van der Waals surface area contributed by atoms with Crippen LogP contribution in [0.15, 0.2) is 60.8 Å². The lowest BCUT2D eigenvalue weighted by Gasteiger charge is -2.25. The highest BCUT2D eigenvalue weighted by atomic mass is 16.5. The van der Waals surface area contributed by atoms with Crippen molar-refractivity contribution in [1.29, 1.82) is 0 Å². The molecule has 1 aliphatic heterocycles. The van der Waals surface area contributed by atoms with E-state index in [0.29, 0.717) is 42.2 Å². The molecule has 0 bridgehead atoms. The maximum atomic E-state index is 12.7. The van der Waals surface area contributed by atoms with Crippen LogP contribution in [0.3, 0.4) is 0 Å². The molecular formula is C22H22N4O3. The fourth-order valence-electron chi connectivity index (χ4n) is 3.29. The minimum atomic E-state index is -0.224. The number of morpholine rings is 1. The monoisotopic (exact) mass is 390 g/mol. The first-order chi connectivity index (χ1) is 14.2. The number of amides is 2. The molecule has 148 valence electrons. The highest BCUT2D eigenvalue weighted by Crippen LogP contribution is 2.19. The summed E-state index contributed by atoms with van der Waals surface area (Å²) in [4.78, 5) is 31.2. The van der Waals surface area contributed by atoms with Crippen LogP contribution in [0.5, 0.6) is 0 Å². The Morgan fingerprint density at radius 2 is 1.62 bits per heavy atom. The highest BCUT2D eigenvalue weighted by Gasteiger charge is 2.14. The summed E-state index contributed by atoms with van der Waals surface area (Å²) in [6.45, 7) is 3.19. The van der Waals surface area contributed by atoms with Crippen LogP contribution >= 0.6 is 0 Å². The van der Waals surface area contributed by atoms with Crippen molar-refractivity contribution in [3.05, 3.63) is 66.4 Å². The first-order valence-corrected chi connectivity index (χ1v) is 9.54. The molecule has 1 aliphatic rings. The first-order valence-electron chi connectivity index (χ1n) is 9.54. The van der Waals surface area contributed by atoms with Gasteiger partial charge in [-0.2, -0.15) is 0 Å². The van der Waals surface area contributed by atoms with Gasteiger partial charge in [0.25, 0.3) is 5.91 Å². The van der Waals surface area contributed by atoms with Crippen LogP contribution in [0.1, 0.15) is 10.4 Å². The number of anilines is 2. The molecule has 7 heteroatoms. The Morgan fingerprint density at radius 1 is 0.931 bits per heavy atom. The molecule has 2 N–H and O–H groups in total. The molecule has 3 aromatic rings. The maximum Gasteiger partial charge on any atom is 0.257 e. The molecule has 0 spiro atoms. The smallest absolute Gasteiger partial charge is 0.257 e. The summed E-state index contributed by atoms with van der Waals surface area (Å²) in [5.41, 5.74) is 2.52. The topological polar surface area (TPSA) is 83.6 Å². The van der Waals surface area contributed by atoms with Crippen LogP contribution in [0.25, 0.3) is 10.9 Å². The number of hydrogen-bond acceptors (Lipinski definition) is 5. The lowest BCUT2D eigenvalue weighted by Crippen LogP contribution is -2.41. The summed E-state index contributed by atoms with van der Waals surface area (Å²) in [5, 5.41) is 6.68. The fourth-order valence-corrected chi connectivity index (χ4v) is 3.29. The van der Waals surface area contributed by atoms with E-state index in [1.54, 1.807) is 36.5 Å². The lowest BCUT2D eigenvalue weighted by atomic mass is 10.1. The molecule has 4 rings (SSSR count). The Kier molecular flexibility index (Phi) is 5.79. The third-order valence-electron chi connectivity index (χ3n) is 4.77. The number of ether oxygens (including phenoxy) is 1. The van der Waals surface area contributed by atoms with Crippen molar-refractivity contribution in [3.8, 4) is 0 Å². The zero-order valence-corrected chi connectivity index (χ0v) is 15.9. The van der Waals surface area contributed by atoms with Gasteiger partial charge >= 0.3 is 0 Å². The van der Waals surface area contributed by atoms with E-state index in [2.05, 4.69) is 20.5 Å². The van der Waals surface area contributed by atoms with Crippen LogP contribution < -0.4 is 10.6 Å². The van der Waals surface area contributed by atoms with Gasteiger partial charge in [0.15, 0.2) is 0 Å². The molecule has 0 unspecified atom stereocenters. The van der Waals surface area contributed by atoms with Gasteiger partial charge in [0.1, 0.15) is 0 Å². The summed E-state index contributed by atoms with van der Waals surface area (Å²) in [6, 6.07) is 16.4. The van der Waals surface area contributed by atoms with E-state index in [-0.39, 0.29) is 11.8 Å². The molecule has 2 aromatic carbocycles. The Balaban J connectivity index is 1.37. The van der Waals surface area contributed by atoms with Crippen LogP contribution in [0.4, 0.5) is 11.4 Å². The SMILES string of the molecule is O=C(CN1CCOCC1)Nc1ccc(NC(=O)c2cccc3cccnc23)cc1. The Hall–Kier alpha value is -3.29. The second kappa shape index (κ2) is 8.81. The number of para-hydroxylation sites is 1. The minimum Gasteiger partial charge on any atom is -0.379 e. The summed E-state index contributed by atoms with van der Waals surface area (Å²) >= 11 is 0. The molecule has 7 nitrogen and oxygen atoms in total. The van der Waals surface area contributed by atoms with Gasteiger partial charge in [0.2, 0.25) is 5.91 Å². The average molecular weight is 390 g/mol. The van der Waals surface area contributed by atoms with E-state index in [9.17, 15) is 9.59 Å². The predicted molar refractivity (Wildman–Crippen MR) is 112 cm³/mol. The van der Waals surface area contributed by atoms with Gasteiger partial charge in [0, 0.05) is 36.0 Å². The van der Waals surface area contributed by atoms with Crippen molar-refractivity contribution >= 4 is 34.1 Å². The molecule has 0 radical (unpaired) electrons. The second-order valence-corrected chi connectivity index (χ2v) is 6.85. The molecule has 0 atom stereocenters. The summed E-state index contributed by atoms with van der Waals surface area (Å²) in [7, 11) is 0. The van der Waals surface area contributed by atoms with Gasteiger partial charge in [-0.05, 0) is 36.4 Å². The number of fused-ring (bicyclic) bond motifs is 1. The Morgan fingerprint density at radius 3 is 2.38 bits per heavy atom. The van der Waals surface area contributed by atoms with E-state index in [1.807, 2.05) is 24.3 Å². The number of pyridine rings is 1. The molecular weight excluding hydrogens is 368 g/mol. The highest BCUT2D eigenvalue weighted by molar-refractivity contribution is 6.11. The van der Waals surface area contributed by atoms with Crippen molar-refractivity contribution in [2.45, 2.75) is 0 Å². The number of aromatic nitrogens is 1. The maximum absolute atomic E-state index is 12.7. The van der Waals surface area contributed by atoms with Crippen molar-refractivity contribution in [1.82, 2.24) is 9.88 Å². The zero-order chi connectivity index (χ0) is 20.1. The van der Waals surface area contributed by atoms with Crippen LogP contribution in [0, 0.1) is 0 Å². The van der Waals surface area contributed by atoms with Crippen LogP contribution in [0.2, 0.25) is 0 Å². The number of hydrogen-bond donors (Lipinski definition) is 2.